The van der Waals surface area contributed by atoms with Crippen molar-refractivity contribution in [3.8, 4) is 0 Å². The minimum atomic E-state index is -0.182. The predicted molar refractivity (Wildman–Crippen MR) is 132 cm³/mol. The van der Waals surface area contributed by atoms with Crippen LogP contribution in [0.5, 0.6) is 0 Å². The molecule has 3 heterocycles. The van der Waals surface area contributed by atoms with Crippen LogP contribution in [0, 0.1) is 0 Å². The highest BCUT2D eigenvalue weighted by atomic mass is 16.1. The summed E-state index contributed by atoms with van der Waals surface area (Å²) in [7, 11) is 0. The van der Waals surface area contributed by atoms with Crippen molar-refractivity contribution in [2.24, 2.45) is 0 Å². The zero-order chi connectivity index (χ0) is 23.3. The van der Waals surface area contributed by atoms with Crippen molar-refractivity contribution >= 4 is 16.8 Å². The molecule has 174 valence electrons. The molecule has 2 aromatic heterocycles. The fourth-order valence-electron chi connectivity index (χ4n) is 4.68. The fourth-order valence-corrected chi connectivity index (χ4v) is 4.68. The largest absolute Gasteiger partial charge is 0.346 e. The molecule has 0 aliphatic carbocycles. The first-order chi connectivity index (χ1) is 16.7. The maximum Gasteiger partial charge on any atom is 0.220 e. The molecular weight excluding hydrogens is 424 g/mol. The molecule has 0 spiro atoms. The van der Waals surface area contributed by atoms with Crippen molar-refractivity contribution < 1.29 is 4.79 Å². The molecule has 0 saturated carbocycles. The van der Waals surface area contributed by atoms with Gasteiger partial charge in [0.15, 0.2) is 5.82 Å². The lowest BCUT2D eigenvalue weighted by Crippen LogP contribution is -2.30. The SMILES string of the molecule is C[C@H](NC(=O)CCc1ccccc1)c1nnc2n1CCN(Cc1cccc3cccnc13)CC2. The number of rotatable bonds is 7. The molecule has 1 N–H and O–H groups in total. The van der Waals surface area contributed by atoms with Gasteiger partial charge in [0.25, 0.3) is 0 Å². The fraction of sp³-hybridized carbons (Fsp3) is 0.333. The van der Waals surface area contributed by atoms with E-state index in [-0.39, 0.29) is 11.9 Å². The molecule has 0 unspecified atom stereocenters. The Hall–Kier alpha value is -3.58. The lowest BCUT2D eigenvalue weighted by atomic mass is 10.1. The molecule has 2 aromatic carbocycles. The molecular formula is C27H30N6O. The van der Waals surface area contributed by atoms with E-state index < -0.39 is 0 Å². The average Bonchev–Trinajstić information content (AvgIpc) is 3.18. The van der Waals surface area contributed by atoms with Crippen LogP contribution in [0.25, 0.3) is 10.9 Å². The quantitative estimate of drug-likeness (QED) is 0.461. The lowest BCUT2D eigenvalue weighted by molar-refractivity contribution is -0.121. The minimum absolute atomic E-state index is 0.0346. The van der Waals surface area contributed by atoms with Crippen LogP contribution < -0.4 is 5.32 Å². The van der Waals surface area contributed by atoms with Crippen LogP contribution in [0.1, 0.15) is 42.2 Å². The van der Waals surface area contributed by atoms with Crippen LogP contribution in [0.3, 0.4) is 0 Å². The number of benzene rings is 2. The second kappa shape index (κ2) is 10.1. The number of amides is 1. The van der Waals surface area contributed by atoms with E-state index in [1.807, 2.05) is 37.4 Å². The van der Waals surface area contributed by atoms with Gasteiger partial charge in [0.2, 0.25) is 5.91 Å². The topological polar surface area (TPSA) is 75.9 Å². The van der Waals surface area contributed by atoms with Crippen LogP contribution >= 0.6 is 0 Å². The molecule has 7 heteroatoms. The number of hydrogen-bond acceptors (Lipinski definition) is 5. The summed E-state index contributed by atoms with van der Waals surface area (Å²) in [4.78, 5) is 19.6. The first kappa shape index (κ1) is 22.2. The zero-order valence-electron chi connectivity index (χ0n) is 19.5. The van der Waals surface area contributed by atoms with Gasteiger partial charge in [-0.1, -0.05) is 54.6 Å². The Balaban J connectivity index is 1.21. The monoisotopic (exact) mass is 454 g/mol. The van der Waals surface area contributed by atoms with Crippen molar-refractivity contribution in [2.45, 2.75) is 45.3 Å². The molecule has 1 aliphatic rings. The number of fused-ring (bicyclic) bond motifs is 2. The van der Waals surface area contributed by atoms with E-state index in [0.717, 1.165) is 56.2 Å². The van der Waals surface area contributed by atoms with E-state index in [1.165, 1.54) is 16.5 Å². The Morgan fingerprint density at radius 3 is 2.74 bits per heavy atom. The second-order valence-corrected chi connectivity index (χ2v) is 8.92. The number of nitrogens with one attached hydrogen (secondary N) is 1. The molecule has 0 fully saturated rings. The summed E-state index contributed by atoms with van der Waals surface area (Å²) < 4.78 is 2.18. The highest BCUT2D eigenvalue weighted by Gasteiger charge is 2.23. The number of carbonyl (C=O) groups is 1. The Morgan fingerprint density at radius 1 is 1.00 bits per heavy atom. The standard InChI is InChI=1S/C27H30N6O/c1-20(29-25(34)13-12-21-7-3-2-4-8-21)27-31-30-24-14-16-32(17-18-33(24)27)19-23-10-5-9-22-11-6-15-28-26(22)23/h2-11,15,20H,12-14,16-19H2,1H3,(H,29,34)/t20-/m0/s1. The summed E-state index contributed by atoms with van der Waals surface area (Å²) in [5, 5.41) is 13.2. The number of hydrogen-bond donors (Lipinski definition) is 1. The van der Waals surface area contributed by atoms with Gasteiger partial charge < -0.3 is 9.88 Å². The Labute approximate surface area is 199 Å². The molecule has 0 radical (unpaired) electrons. The van der Waals surface area contributed by atoms with Crippen molar-refractivity contribution in [2.75, 3.05) is 13.1 Å². The van der Waals surface area contributed by atoms with Gasteiger partial charge in [-0.15, -0.1) is 10.2 Å². The molecule has 34 heavy (non-hydrogen) atoms. The zero-order valence-corrected chi connectivity index (χ0v) is 19.5. The van der Waals surface area contributed by atoms with Crippen molar-refractivity contribution in [1.29, 1.82) is 0 Å². The number of para-hydroxylation sites is 1. The first-order valence-corrected chi connectivity index (χ1v) is 12.0. The number of carbonyl (C=O) groups excluding carboxylic acids is 1. The van der Waals surface area contributed by atoms with Crippen molar-refractivity contribution in [1.82, 2.24) is 30.0 Å². The first-order valence-electron chi connectivity index (χ1n) is 12.0. The average molecular weight is 455 g/mol. The van der Waals surface area contributed by atoms with Crippen LogP contribution in [0.2, 0.25) is 0 Å². The normalized spacial score (nSPS) is 15.0. The Morgan fingerprint density at radius 2 is 1.85 bits per heavy atom. The molecule has 0 bridgehead atoms. The molecule has 1 aliphatic heterocycles. The van der Waals surface area contributed by atoms with Crippen LogP contribution in [0.4, 0.5) is 0 Å². The smallest absolute Gasteiger partial charge is 0.220 e. The van der Waals surface area contributed by atoms with Gasteiger partial charge >= 0.3 is 0 Å². The van der Waals surface area contributed by atoms with Gasteiger partial charge in [0, 0.05) is 50.6 Å². The summed E-state index contributed by atoms with van der Waals surface area (Å²) in [5.41, 5.74) is 3.49. The molecule has 0 saturated heterocycles. The number of nitrogens with zero attached hydrogens (tertiary/aromatic N) is 5. The molecule has 7 nitrogen and oxygen atoms in total. The maximum atomic E-state index is 12.5. The lowest BCUT2D eigenvalue weighted by Gasteiger charge is -2.21. The van der Waals surface area contributed by atoms with Crippen LogP contribution in [-0.2, 0) is 30.7 Å². The third kappa shape index (κ3) is 4.99. The van der Waals surface area contributed by atoms with E-state index in [9.17, 15) is 4.79 Å². The summed E-state index contributed by atoms with van der Waals surface area (Å²) in [6.07, 6.45) is 3.88. The third-order valence-electron chi connectivity index (χ3n) is 6.51. The number of aryl methyl sites for hydroxylation is 1. The van der Waals surface area contributed by atoms with E-state index in [0.29, 0.717) is 6.42 Å². The number of aromatic nitrogens is 4. The summed E-state index contributed by atoms with van der Waals surface area (Å²) >= 11 is 0. The molecule has 1 atom stereocenters. The highest BCUT2D eigenvalue weighted by Crippen LogP contribution is 2.20. The van der Waals surface area contributed by atoms with Crippen molar-refractivity contribution in [3.63, 3.8) is 0 Å². The minimum Gasteiger partial charge on any atom is -0.346 e. The summed E-state index contributed by atoms with van der Waals surface area (Å²) in [5.74, 6) is 1.85. The van der Waals surface area contributed by atoms with E-state index in [4.69, 9.17) is 0 Å². The third-order valence-corrected chi connectivity index (χ3v) is 6.51. The van der Waals surface area contributed by atoms with E-state index in [1.54, 1.807) is 0 Å². The van der Waals surface area contributed by atoms with Crippen LogP contribution in [0.15, 0.2) is 66.9 Å². The number of pyridine rings is 1. The Bertz CT molecular complexity index is 1260. The molecule has 5 rings (SSSR count). The predicted octanol–water partition coefficient (Wildman–Crippen LogP) is 3.69. The van der Waals surface area contributed by atoms with Crippen LogP contribution in [-0.4, -0.2) is 43.6 Å². The second-order valence-electron chi connectivity index (χ2n) is 8.92. The highest BCUT2D eigenvalue weighted by molar-refractivity contribution is 5.81. The molecule has 1 amide bonds. The Kier molecular flexibility index (Phi) is 6.62. The summed E-state index contributed by atoms with van der Waals surface area (Å²) in [6.45, 7) is 5.46. The van der Waals surface area contributed by atoms with E-state index in [2.05, 4.69) is 66.4 Å². The van der Waals surface area contributed by atoms with Gasteiger partial charge in [-0.25, -0.2) is 0 Å². The van der Waals surface area contributed by atoms with Gasteiger partial charge in [-0.2, -0.15) is 0 Å². The molecule has 4 aromatic rings. The van der Waals surface area contributed by atoms with Gasteiger partial charge in [-0.3, -0.25) is 14.7 Å². The van der Waals surface area contributed by atoms with E-state index >= 15 is 0 Å². The van der Waals surface area contributed by atoms with Gasteiger partial charge in [0.05, 0.1) is 11.6 Å². The maximum absolute atomic E-state index is 12.5. The van der Waals surface area contributed by atoms with Gasteiger partial charge in [0.1, 0.15) is 5.82 Å². The summed E-state index contributed by atoms with van der Waals surface area (Å²) in [6, 6.07) is 20.4. The van der Waals surface area contributed by atoms with Crippen molar-refractivity contribution in [3.05, 3.63) is 89.6 Å². The van der Waals surface area contributed by atoms with Gasteiger partial charge in [-0.05, 0) is 30.5 Å².